The first-order valence-electron chi connectivity index (χ1n) is 17.1. The van der Waals surface area contributed by atoms with Crippen LogP contribution in [0.3, 0.4) is 0 Å². The van der Waals surface area contributed by atoms with Crippen LogP contribution in [0.2, 0.25) is 0 Å². The van der Waals surface area contributed by atoms with Crippen LogP contribution in [0.25, 0.3) is 11.1 Å². The smallest absolute Gasteiger partial charge is 1.00 e. The SMILES string of the molecule is CCCCCCCCCCCCCOCCCCCCCCCCCCC.[H-].[Na+].c1ccc(-c2ccccc2)cc1. The number of unbranched alkanes of at least 4 members (excludes halogenated alkanes) is 20. The summed E-state index contributed by atoms with van der Waals surface area (Å²) in [7, 11) is 0. The zero-order valence-electron chi connectivity index (χ0n) is 28.2. The van der Waals surface area contributed by atoms with Gasteiger partial charge in [-0.15, -0.1) is 0 Å². The molecule has 0 aliphatic rings. The number of rotatable bonds is 25. The van der Waals surface area contributed by atoms with Gasteiger partial charge >= 0.3 is 29.6 Å². The Labute approximate surface area is 274 Å². The van der Waals surface area contributed by atoms with Crippen molar-refractivity contribution in [3.05, 3.63) is 60.7 Å². The first-order valence-corrected chi connectivity index (χ1v) is 17.1. The molecule has 2 rings (SSSR count). The Bertz CT molecular complexity index is 647. The molecule has 0 spiro atoms. The van der Waals surface area contributed by atoms with Gasteiger partial charge in [0, 0.05) is 13.2 Å². The molecule has 0 fully saturated rings. The Morgan fingerprint density at radius 1 is 0.375 bits per heavy atom. The molecule has 0 bridgehead atoms. The van der Waals surface area contributed by atoms with Crippen molar-refractivity contribution in [1.29, 1.82) is 0 Å². The standard InChI is InChI=1S/C26H54O.C12H10.Na.H/c1-3-5-7-9-11-13-15-17-19-21-23-25-27-26-24-22-20-18-16-14-12-10-8-6-4-2;1-3-7-11(8-4-1)12-9-5-2-6-10-12;;/h3-26H2,1-2H3;1-10H;;/q;;+1;-1. The Kier molecular flexibility index (Phi) is 32.4. The van der Waals surface area contributed by atoms with Crippen LogP contribution >= 0.6 is 0 Å². The molecule has 0 saturated heterocycles. The summed E-state index contributed by atoms with van der Waals surface area (Å²) >= 11 is 0. The zero-order valence-corrected chi connectivity index (χ0v) is 29.2. The second-order valence-corrected chi connectivity index (χ2v) is 11.4. The van der Waals surface area contributed by atoms with Gasteiger partial charge in [0.15, 0.2) is 0 Å². The minimum absolute atomic E-state index is 0. The second-order valence-electron chi connectivity index (χ2n) is 11.4. The molecule has 0 aliphatic carbocycles. The van der Waals surface area contributed by atoms with Crippen molar-refractivity contribution >= 4 is 0 Å². The van der Waals surface area contributed by atoms with E-state index in [2.05, 4.69) is 62.4 Å². The fourth-order valence-corrected chi connectivity index (χ4v) is 5.10. The van der Waals surface area contributed by atoms with Gasteiger partial charge in [0.2, 0.25) is 0 Å². The number of hydrogen-bond acceptors (Lipinski definition) is 1. The fourth-order valence-electron chi connectivity index (χ4n) is 5.10. The monoisotopic (exact) mass is 560 g/mol. The van der Waals surface area contributed by atoms with E-state index < -0.39 is 0 Å². The van der Waals surface area contributed by atoms with E-state index in [4.69, 9.17) is 4.74 Å². The molecule has 2 aromatic rings. The Hall–Kier alpha value is -0.600. The van der Waals surface area contributed by atoms with Crippen LogP contribution in [0.15, 0.2) is 60.7 Å². The van der Waals surface area contributed by atoms with Gasteiger partial charge in [-0.05, 0) is 24.0 Å². The Balaban J connectivity index is 0. The third-order valence-corrected chi connectivity index (χ3v) is 7.67. The van der Waals surface area contributed by atoms with Gasteiger partial charge in [0.1, 0.15) is 0 Å². The maximum atomic E-state index is 5.80. The van der Waals surface area contributed by atoms with Gasteiger partial charge in [-0.3, -0.25) is 0 Å². The van der Waals surface area contributed by atoms with E-state index in [0.717, 1.165) is 13.2 Å². The molecule has 0 atom stereocenters. The van der Waals surface area contributed by atoms with Crippen molar-refractivity contribution in [2.75, 3.05) is 13.2 Å². The summed E-state index contributed by atoms with van der Waals surface area (Å²) in [4.78, 5) is 0. The molecule has 2 aromatic carbocycles. The Morgan fingerprint density at radius 2 is 0.625 bits per heavy atom. The quantitative estimate of drug-likeness (QED) is 0.0867. The third-order valence-electron chi connectivity index (χ3n) is 7.67. The van der Waals surface area contributed by atoms with Crippen LogP contribution in [0, 0.1) is 0 Å². The molecule has 0 N–H and O–H groups in total. The summed E-state index contributed by atoms with van der Waals surface area (Å²) < 4.78 is 5.80. The number of benzene rings is 2. The van der Waals surface area contributed by atoms with Gasteiger partial charge in [0.25, 0.3) is 0 Å². The van der Waals surface area contributed by atoms with E-state index >= 15 is 0 Å². The molecule has 0 heterocycles. The van der Waals surface area contributed by atoms with Gasteiger partial charge in [-0.2, -0.15) is 0 Å². The number of hydrogen-bond donors (Lipinski definition) is 0. The molecule has 0 radical (unpaired) electrons. The Morgan fingerprint density at radius 3 is 0.900 bits per heavy atom. The van der Waals surface area contributed by atoms with Gasteiger partial charge in [0.05, 0.1) is 0 Å². The van der Waals surface area contributed by atoms with Crippen molar-refractivity contribution in [1.82, 2.24) is 0 Å². The van der Waals surface area contributed by atoms with E-state index in [1.165, 1.54) is 152 Å². The van der Waals surface area contributed by atoms with Gasteiger partial charge in [-0.1, -0.05) is 203 Å². The second kappa shape index (κ2) is 32.9. The van der Waals surface area contributed by atoms with E-state index in [9.17, 15) is 0 Å². The molecule has 2 heteroatoms. The molecule has 224 valence electrons. The predicted octanol–water partition coefficient (Wildman–Crippen LogP) is 10.1. The molecular weight excluding hydrogens is 495 g/mol. The summed E-state index contributed by atoms with van der Waals surface area (Å²) in [6.45, 7) is 6.58. The normalized spacial score (nSPS) is 10.6. The van der Waals surface area contributed by atoms with Crippen LogP contribution in [0.1, 0.15) is 157 Å². The zero-order chi connectivity index (χ0) is 27.9. The minimum Gasteiger partial charge on any atom is -1.00 e. The van der Waals surface area contributed by atoms with Crippen molar-refractivity contribution in [3.8, 4) is 11.1 Å². The van der Waals surface area contributed by atoms with Crippen molar-refractivity contribution in [3.63, 3.8) is 0 Å². The van der Waals surface area contributed by atoms with E-state index in [0.29, 0.717) is 0 Å². The maximum absolute atomic E-state index is 5.80. The molecule has 0 aromatic heterocycles. The molecular formula is C38H65NaO. The summed E-state index contributed by atoms with van der Waals surface area (Å²) in [5.41, 5.74) is 2.55. The van der Waals surface area contributed by atoms with Crippen LogP contribution in [0.4, 0.5) is 0 Å². The number of ether oxygens (including phenoxy) is 1. The van der Waals surface area contributed by atoms with Gasteiger partial charge in [-0.25, -0.2) is 0 Å². The van der Waals surface area contributed by atoms with Crippen molar-refractivity contribution < 1.29 is 35.7 Å². The van der Waals surface area contributed by atoms with Crippen molar-refractivity contribution in [2.45, 2.75) is 155 Å². The van der Waals surface area contributed by atoms with E-state index in [1.54, 1.807) is 0 Å². The average molecular weight is 561 g/mol. The predicted molar refractivity (Wildman–Crippen MR) is 177 cm³/mol. The maximum Gasteiger partial charge on any atom is 1.00 e. The molecule has 40 heavy (non-hydrogen) atoms. The molecule has 1 nitrogen and oxygen atoms in total. The summed E-state index contributed by atoms with van der Waals surface area (Å²) in [6, 6.07) is 20.8. The van der Waals surface area contributed by atoms with Crippen LogP contribution in [0.5, 0.6) is 0 Å². The summed E-state index contributed by atoms with van der Waals surface area (Å²) in [5, 5.41) is 0. The summed E-state index contributed by atoms with van der Waals surface area (Å²) in [5.74, 6) is 0. The molecule has 0 amide bonds. The average Bonchev–Trinajstić information content (AvgIpc) is 2.99. The van der Waals surface area contributed by atoms with Crippen molar-refractivity contribution in [2.24, 2.45) is 0 Å². The van der Waals surface area contributed by atoms with Gasteiger partial charge < -0.3 is 6.16 Å². The van der Waals surface area contributed by atoms with Crippen LogP contribution in [-0.4, -0.2) is 13.2 Å². The fraction of sp³-hybridized carbons (Fsp3) is 0.684. The minimum atomic E-state index is 0. The molecule has 0 saturated carbocycles. The topological polar surface area (TPSA) is 9.23 Å². The largest absolute Gasteiger partial charge is 1.00 e. The first kappa shape index (κ1) is 39.4. The summed E-state index contributed by atoms with van der Waals surface area (Å²) in [6.07, 6.45) is 31.1. The van der Waals surface area contributed by atoms with Crippen LogP contribution < -0.4 is 29.6 Å². The van der Waals surface area contributed by atoms with Crippen LogP contribution in [-0.2, 0) is 4.74 Å². The third kappa shape index (κ3) is 26.3. The molecule has 0 unspecified atom stereocenters. The van der Waals surface area contributed by atoms with E-state index in [-0.39, 0.29) is 31.0 Å². The molecule has 0 aliphatic heterocycles. The first-order chi connectivity index (χ1) is 19.4. The van der Waals surface area contributed by atoms with E-state index in [1.807, 2.05) is 12.1 Å².